The number of benzene rings is 1. The molecule has 4 rings (SSSR count). The maximum absolute atomic E-state index is 12.3. The summed E-state index contributed by atoms with van der Waals surface area (Å²) in [5.41, 5.74) is 7.77. The minimum atomic E-state index is -0.736. The van der Waals surface area contributed by atoms with E-state index in [0.717, 1.165) is 24.2 Å². The van der Waals surface area contributed by atoms with Crippen LogP contribution in [0, 0.1) is 5.41 Å². The van der Waals surface area contributed by atoms with E-state index in [1.54, 1.807) is 12.1 Å². The Kier molecular flexibility index (Phi) is 2.66. The lowest BCUT2D eigenvalue weighted by Crippen LogP contribution is -2.47. The topological polar surface area (TPSA) is 68.9 Å². The molecule has 2 bridgehead atoms. The van der Waals surface area contributed by atoms with Crippen molar-refractivity contribution in [1.82, 2.24) is 9.97 Å². The largest absolute Gasteiger partial charge is 0.369 e. The normalized spacial score (nSPS) is 28.1. The van der Waals surface area contributed by atoms with Gasteiger partial charge in [0.1, 0.15) is 0 Å². The molecule has 114 valence electrons. The molecule has 2 N–H and O–H groups in total. The Morgan fingerprint density at radius 2 is 1.82 bits per heavy atom. The Hall–Kier alpha value is -1.39. The van der Waals surface area contributed by atoms with Gasteiger partial charge >= 0.3 is 0 Å². The lowest BCUT2D eigenvalue weighted by atomic mass is 9.68. The molecule has 1 aromatic heterocycles. The fourth-order valence-electron chi connectivity index (χ4n) is 4.42. The Bertz CT molecular complexity index is 849. The number of amides is 1. The second kappa shape index (κ2) is 4.12. The summed E-state index contributed by atoms with van der Waals surface area (Å²) in [6.45, 7) is 4.17. The van der Waals surface area contributed by atoms with Crippen molar-refractivity contribution >= 4 is 40.1 Å². The van der Waals surface area contributed by atoms with Gasteiger partial charge in [-0.2, -0.15) is 0 Å². The van der Waals surface area contributed by atoms with Gasteiger partial charge in [0.15, 0.2) is 0 Å². The van der Waals surface area contributed by atoms with Gasteiger partial charge in [-0.15, -0.1) is 0 Å². The number of fused-ring (bicyclic) bond motifs is 6. The van der Waals surface area contributed by atoms with E-state index < -0.39 is 5.41 Å². The van der Waals surface area contributed by atoms with E-state index in [-0.39, 0.29) is 17.2 Å². The standard InChI is InChI=1S/C16H15Cl2N3O/c1-15(2)7-3-4-16(15,14(19)22)13-12(7)20-10-5-8(17)9(18)6-11(10)21-13/h5-7H,3-4H2,1-2H3,(H2,19,22). The highest BCUT2D eigenvalue weighted by atomic mass is 35.5. The minimum Gasteiger partial charge on any atom is -0.369 e. The molecular formula is C16H15Cl2N3O. The quantitative estimate of drug-likeness (QED) is 0.865. The first kappa shape index (κ1) is 14.2. The third kappa shape index (κ3) is 1.43. The summed E-state index contributed by atoms with van der Waals surface area (Å²) in [6, 6.07) is 3.42. The fourth-order valence-corrected chi connectivity index (χ4v) is 4.74. The van der Waals surface area contributed by atoms with E-state index in [2.05, 4.69) is 13.8 Å². The lowest BCUT2D eigenvalue weighted by Gasteiger charge is -2.34. The summed E-state index contributed by atoms with van der Waals surface area (Å²) in [7, 11) is 0. The number of nitrogens with zero attached hydrogens (tertiary/aromatic N) is 2. The minimum absolute atomic E-state index is 0.196. The summed E-state index contributed by atoms with van der Waals surface area (Å²) in [5, 5.41) is 0.884. The molecular weight excluding hydrogens is 321 g/mol. The average Bonchev–Trinajstić information content (AvgIpc) is 2.81. The van der Waals surface area contributed by atoms with Crippen LogP contribution in [0.1, 0.15) is 44.0 Å². The van der Waals surface area contributed by atoms with E-state index >= 15 is 0 Å². The highest BCUT2D eigenvalue weighted by Gasteiger charge is 2.67. The van der Waals surface area contributed by atoms with Gasteiger partial charge in [0.25, 0.3) is 0 Å². The summed E-state index contributed by atoms with van der Waals surface area (Å²) >= 11 is 12.2. The molecule has 4 nitrogen and oxygen atoms in total. The zero-order chi connectivity index (χ0) is 15.9. The van der Waals surface area contributed by atoms with Gasteiger partial charge in [0.05, 0.1) is 37.9 Å². The number of halogens is 2. The molecule has 2 atom stereocenters. The number of carbonyl (C=O) groups excluding carboxylic acids is 1. The van der Waals surface area contributed by atoms with Crippen LogP contribution in [-0.2, 0) is 10.2 Å². The van der Waals surface area contributed by atoms with Crippen molar-refractivity contribution in [2.75, 3.05) is 0 Å². The number of primary amides is 1. The lowest BCUT2D eigenvalue weighted by molar-refractivity contribution is -0.126. The number of carbonyl (C=O) groups is 1. The second-order valence-corrected chi connectivity index (χ2v) is 7.61. The van der Waals surface area contributed by atoms with Gasteiger partial charge in [-0.05, 0) is 30.4 Å². The number of rotatable bonds is 1. The van der Waals surface area contributed by atoms with Crippen molar-refractivity contribution in [3.8, 4) is 0 Å². The first-order valence-corrected chi connectivity index (χ1v) is 8.01. The first-order chi connectivity index (χ1) is 10.3. The van der Waals surface area contributed by atoms with E-state index in [4.69, 9.17) is 38.9 Å². The van der Waals surface area contributed by atoms with Crippen LogP contribution in [0.25, 0.3) is 11.0 Å². The van der Waals surface area contributed by atoms with Crippen molar-refractivity contribution in [2.24, 2.45) is 11.1 Å². The van der Waals surface area contributed by atoms with Crippen molar-refractivity contribution in [1.29, 1.82) is 0 Å². The zero-order valence-corrected chi connectivity index (χ0v) is 13.8. The number of aromatic nitrogens is 2. The van der Waals surface area contributed by atoms with Crippen LogP contribution in [-0.4, -0.2) is 15.9 Å². The molecule has 1 amide bonds. The van der Waals surface area contributed by atoms with Gasteiger partial charge < -0.3 is 5.73 Å². The maximum Gasteiger partial charge on any atom is 0.230 e. The molecule has 0 aliphatic heterocycles. The first-order valence-electron chi connectivity index (χ1n) is 7.26. The molecule has 6 heteroatoms. The van der Waals surface area contributed by atoms with E-state index in [1.807, 2.05) is 0 Å². The average molecular weight is 336 g/mol. The van der Waals surface area contributed by atoms with Crippen molar-refractivity contribution in [3.05, 3.63) is 33.6 Å². The monoisotopic (exact) mass is 335 g/mol. The highest BCUT2D eigenvalue weighted by molar-refractivity contribution is 6.42. The maximum atomic E-state index is 12.3. The number of hydrogen-bond acceptors (Lipinski definition) is 3. The summed E-state index contributed by atoms with van der Waals surface area (Å²) in [4.78, 5) is 21.8. The number of hydrogen-bond donors (Lipinski definition) is 1. The van der Waals surface area contributed by atoms with Crippen LogP contribution in [0.2, 0.25) is 10.0 Å². The Morgan fingerprint density at radius 1 is 1.23 bits per heavy atom. The molecule has 2 aromatic rings. The molecule has 1 saturated carbocycles. The van der Waals surface area contributed by atoms with Crippen LogP contribution >= 0.6 is 23.2 Å². The van der Waals surface area contributed by atoms with E-state index in [0.29, 0.717) is 21.1 Å². The second-order valence-electron chi connectivity index (χ2n) is 6.80. The number of nitrogens with two attached hydrogens (primary N) is 1. The molecule has 0 spiro atoms. The van der Waals surface area contributed by atoms with Gasteiger partial charge in [0.2, 0.25) is 5.91 Å². The van der Waals surface area contributed by atoms with Crippen LogP contribution in [0.4, 0.5) is 0 Å². The molecule has 0 saturated heterocycles. The van der Waals surface area contributed by atoms with Crippen molar-refractivity contribution < 1.29 is 4.79 Å². The van der Waals surface area contributed by atoms with Crippen LogP contribution in [0.3, 0.4) is 0 Å². The van der Waals surface area contributed by atoms with Crippen LogP contribution < -0.4 is 5.73 Å². The van der Waals surface area contributed by atoms with Crippen molar-refractivity contribution in [3.63, 3.8) is 0 Å². The summed E-state index contributed by atoms with van der Waals surface area (Å²) in [6.07, 6.45) is 1.64. The molecule has 2 aliphatic rings. The van der Waals surface area contributed by atoms with Gasteiger partial charge in [-0.1, -0.05) is 37.0 Å². The fraction of sp³-hybridized carbons (Fsp3) is 0.438. The molecule has 1 fully saturated rings. The van der Waals surface area contributed by atoms with Gasteiger partial charge in [0, 0.05) is 5.92 Å². The highest BCUT2D eigenvalue weighted by Crippen LogP contribution is 2.66. The van der Waals surface area contributed by atoms with Gasteiger partial charge in [-0.3, -0.25) is 4.79 Å². The Morgan fingerprint density at radius 3 is 2.41 bits per heavy atom. The predicted octanol–water partition coefficient (Wildman–Crippen LogP) is 3.58. The third-order valence-electron chi connectivity index (χ3n) is 5.67. The third-order valence-corrected chi connectivity index (χ3v) is 6.39. The van der Waals surface area contributed by atoms with Crippen LogP contribution in [0.5, 0.6) is 0 Å². The summed E-state index contributed by atoms with van der Waals surface area (Å²) in [5.74, 6) is -0.117. The molecule has 1 heterocycles. The zero-order valence-electron chi connectivity index (χ0n) is 12.3. The summed E-state index contributed by atoms with van der Waals surface area (Å²) < 4.78 is 0. The Balaban J connectivity index is 2.08. The Labute approximate surface area is 138 Å². The molecule has 2 unspecified atom stereocenters. The predicted molar refractivity (Wildman–Crippen MR) is 86.2 cm³/mol. The molecule has 0 radical (unpaired) electrons. The molecule has 1 aromatic carbocycles. The smallest absolute Gasteiger partial charge is 0.230 e. The van der Waals surface area contributed by atoms with Gasteiger partial charge in [-0.25, -0.2) is 9.97 Å². The molecule has 22 heavy (non-hydrogen) atoms. The molecule has 2 aliphatic carbocycles. The van der Waals surface area contributed by atoms with E-state index in [9.17, 15) is 4.79 Å². The van der Waals surface area contributed by atoms with Crippen LogP contribution in [0.15, 0.2) is 12.1 Å². The SMILES string of the molecule is CC1(C)C2CCC1(C(N)=O)c1nc3cc(Cl)c(Cl)cc3nc12. The van der Waals surface area contributed by atoms with Crippen molar-refractivity contribution in [2.45, 2.75) is 38.0 Å². The van der Waals surface area contributed by atoms with E-state index in [1.165, 1.54) is 0 Å².